The molecule has 0 bridgehead atoms. The van der Waals surface area contributed by atoms with Gasteiger partial charge in [-0.25, -0.2) is 0 Å². The molecule has 0 radical (unpaired) electrons. The second kappa shape index (κ2) is 6.92. The average molecular weight is 379 g/mol. The molecular weight excluding hydrogens is 358 g/mol. The van der Waals surface area contributed by atoms with Crippen LogP contribution in [0.5, 0.6) is 5.75 Å². The van der Waals surface area contributed by atoms with Crippen LogP contribution in [-0.2, 0) is 11.3 Å². The number of carbonyl (C=O) groups is 2. The molecule has 7 nitrogen and oxygen atoms in total. The van der Waals surface area contributed by atoms with Crippen molar-refractivity contribution in [2.75, 3.05) is 10.6 Å². The first-order valence-electron chi connectivity index (χ1n) is 9.04. The maximum absolute atomic E-state index is 12.8. The Hall–Kier alpha value is -3.48. The number of nitrogens with zero attached hydrogens (tertiary/aromatic N) is 1. The predicted octanol–water partition coefficient (Wildman–Crippen LogP) is 3.72. The number of furan rings is 1. The molecule has 0 saturated carbocycles. The number of ether oxygens (including phenoxy) is 1. The summed E-state index contributed by atoms with van der Waals surface area (Å²) in [5.41, 5.74) is 3.55. The summed E-state index contributed by atoms with van der Waals surface area (Å²) >= 11 is 0. The number of aryl methyl sites for hydroxylation is 1. The minimum atomic E-state index is -0.535. The van der Waals surface area contributed by atoms with Gasteiger partial charge >= 0.3 is 0 Å². The van der Waals surface area contributed by atoms with Gasteiger partial charge in [0, 0.05) is 17.1 Å². The maximum Gasteiger partial charge on any atom is 0.265 e. The van der Waals surface area contributed by atoms with Crippen LogP contribution in [0, 0.1) is 13.8 Å². The van der Waals surface area contributed by atoms with Crippen LogP contribution in [0.25, 0.3) is 0 Å². The largest absolute Gasteiger partial charge is 0.479 e. The third kappa shape index (κ3) is 3.26. The summed E-state index contributed by atoms with van der Waals surface area (Å²) < 4.78 is 13.0. The van der Waals surface area contributed by atoms with Crippen LogP contribution in [0.1, 0.15) is 34.4 Å². The van der Waals surface area contributed by atoms with Crippen molar-refractivity contribution >= 4 is 23.2 Å². The zero-order valence-corrected chi connectivity index (χ0v) is 15.9. The van der Waals surface area contributed by atoms with E-state index in [0.29, 0.717) is 29.2 Å². The zero-order chi connectivity index (χ0) is 19.8. The Labute approximate surface area is 162 Å². The normalized spacial score (nSPS) is 15.5. The predicted molar refractivity (Wildman–Crippen MR) is 105 cm³/mol. The van der Waals surface area contributed by atoms with E-state index in [2.05, 4.69) is 10.6 Å². The second-order valence-electron chi connectivity index (χ2n) is 6.86. The van der Waals surface area contributed by atoms with Gasteiger partial charge in [-0.15, -0.1) is 0 Å². The molecule has 2 aromatic heterocycles. The maximum atomic E-state index is 12.8. The molecule has 0 fully saturated rings. The molecule has 0 unspecified atom stereocenters. The summed E-state index contributed by atoms with van der Waals surface area (Å²) in [6, 6.07) is 10.8. The monoisotopic (exact) mass is 379 g/mol. The van der Waals surface area contributed by atoms with Crippen LogP contribution in [0.2, 0.25) is 0 Å². The first kappa shape index (κ1) is 17.9. The Bertz CT molecular complexity index is 1050. The number of amides is 2. The fraction of sp³-hybridized carbons (Fsp3) is 0.238. The second-order valence-corrected chi connectivity index (χ2v) is 6.86. The Morgan fingerprint density at radius 1 is 1.25 bits per heavy atom. The van der Waals surface area contributed by atoms with E-state index in [9.17, 15) is 9.59 Å². The first-order valence-corrected chi connectivity index (χ1v) is 9.04. The van der Waals surface area contributed by atoms with Gasteiger partial charge in [0.15, 0.2) is 6.10 Å². The van der Waals surface area contributed by atoms with Crippen LogP contribution in [-0.4, -0.2) is 22.5 Å². The van der Waals surface area contributed by atoms with Crippen molar-refractivity contribution in [1.82, 2.24) is 4.57 Å². The highest BCUT2D eigenvalue weighted by Gasteiger charge is 2.24. The number of hydrogen-bond acceptors (Lipinski definition) is 4. The fourth-order valence-electron chi connectivity index (χ4n) is 3.32. The molecule has 3 aromatic rings. The van der Waals surface area contributed by atoms with E-state index in [4.69, 9.17) is 9.15 Å². The molecule has 3 heterocycles. The van der Waals surface area contributed by atoms with Crippen molar-refractivity contribution in [2.45, 2.75) is 33.4 Å². The lowest BCUT2D eigenvalue weighted by Gasteiger charge is -2.23. The summed E-state index contributed by atoms with van der Waals surface area (Å²) in [4.78, 5) is 24.6. The molecule has 2 N–H and O–H groups in total. The summed E-state index contributed by atoms with van der Waals surface area (Å²) in [7, 11) is 0. The van der Waals surface area contributed by atoms with Crippen molar-refractivity contribution in [2.24, 2.45) is 0 Å². The number of carbonyl (C=O) groups excluding carboxylic acids is 2. The van der Waals surface area contributed by atoms with Crippen LogP contribution >= 0.6 is 0 Å². The average Bonchev–Trinajstić information content (AvgIpc) is 3.27. The van der Waals surface area contributed by atoms with Gasteiger partial charge in [-0.3, -0.25) is 9.59 Å². The van der Waals surface area contributed by atoms with E-state index in [1.165, 1.54) is 0 Å². The number of nitrogens with one attached hydrogen (secondary N) is 2. The van der Waals surface area contributed by atoms with Crippen LogP contribution in [0.15, 0.2) is 47.1 Å². The number of rotatable bonds is 4. The standard InChI is InChI=1S/C21H21N3O4/c1-12-9-17(13(2)24(12)11-16-5-4-8-27-16)21(26)22-15-6-7-19-18(10-15)23-20(25)14(3)28-19/h4-10,14H,11H2,1-3H3,(H,22,26)(H,23,25)/t14-/m0/s1. The van der Waals surface area contributed by atoms with E-state index in [-0.39, 0.29) is 11.8 Å². The molecular formula is C21H21N3O4. The Morgan fingerprint density at radius 2 is 2.07 bits per heavy atom. The summed E-state index contributed by atoms with van der Waals surface area (Å²) in [6.07, 6.45) is 1.10. The molecule has 7 heteroatoms. The van der Waals surface area contributed by atoms with Crippen molar-refractivity contribution in [3.05, 3.63) is 65.4 Å². The number of aromatic nitrogens is 1. The van der Waals surface area contributed by atoms with Gasteiger partial charge < -0.3 is 24.4 Å². The van der Waals surface area contributed by atoms with Gasteiger partial charge in [0.25, 0.3) is 11.8 Å². The molecule has 1 aromatic carbocycles. The lowest BCUT2D eigenvalue weighted by atomic mass is 10.2. The third-order valence-corrected chi connectivity index (χ3v) is 4.88. The fourth-order valence-corrected chi connectivity index (χ4v) is 3.32. The van der Waals surface area contributed by atoms with Crippen molar-refractivity contribution in [1.29, 1.82) is 0 Å². The van der Waals surface area contributed by atoms with Crippen LogP contribution in [0.3, 0.4) is 0 Å². The van der Waals surface area contributed by atoms with E-state index >= 15 is 0 Å². The van der Waals surface area contributed by atoms with Crippen LogP contribution in [0.4, 0.5) is 11.4 Å². The molecule has 0 aliphatic carbocycles. The quantitative estimate of drug-likeness (QED) is 0.723. The first-order chi connectivity index (χ1) is 13.4. The van der Waals surface area contributed by atoms with Gasteiger partial charge in [-0.2, -0.15) is 0 Å². The van der Waals surface area contributed by atoms with Gasteiger partial charge in [0.1, 0.15) is 11.5 Å². The molecule has 28 heavy (non-hydrogen) atoms. The lowest BCUT2D eigenvalue weighted by molar-refractivity contribution is -0.122. The molecule has 2 amide bonds. The number of fused-ring (bicyclic) bond motifs is 1. The highest BCUT2D eigenvalue weighted by atomic mass is 16.5. The Kier molecular flexibility index (Phi) is 4.43. The van der Waals surface area contributed by atoms with Gasteiger partial charge in [-0.1, -0.05) is 0 Å². The van der Waals surface area contributed by atoms with Gasteiger partial charge in [0.05, 0.1) is 24.1 Å². The van der Waals surface area contributed by atoms with E-state index in [1.54, 1.807) is 31.4 Å². The van der Waals surface area contributed by atoms with E-state index in [0.717, 1.165) is 17.1 Å². The highest BCUT2D eigenvalue weighted by molar-refractivity contribution is 6.06. The van der Waals surface area contributed by atoms with Crippen LogP contribution < -0.4 is 15.4 Å². The molecule has 1 aliphatic heterocycles. The minimum Gasteiger partial charge on any atom is -0.479 e. The molecule has 144 valence electrons. The molecule has 0 saturated heterocycles. The lowest BCUT2D eigenvalue weighted by Crippen LogP contribution is -2.34. The van der Waals surface area contributed by atoms with Gasteiger partial charge in [-0.05, 0) is 57.2 Å². The summed E-state index contributed by atoms with van der Waals surface area (Å²) in [6.45, 7) is 6.12. The molecule has 1 atom stereocenters. The number of hydrogen-bond donors (Lipinski definition) is 2. The minimum absolute atomic E-state index is 0.211. The van der Waals surface area contributed by atoms with E-state index in [1.807, 2.05) is 36.6 Å². The zero-order valence-electron chi connectivity index (χ0n) is 15.9. The Morgan fingerprint density at radius 3 is 2.82 bits per heavy atom. The summed E-state index contributed by atoms with van der Waals surface area (Å²) in [5, 5.41) is 5.67. The van der Waals surface area contributed by atoms with Crippen molar-refractivity contribution in [3.63, 3.8) is 0 Å². The molecule has 4 rings (SSSR count). The number of benzene rings is 1. The molecule has 1 aliphatic rings. The number of anilines is 2. The topological polar surface area (TPSA) is 85.5 Å². The Balaban J connectivity index is 1.55. The summed E-state index contributed by atoms with van der Waals surface area (Å²) in [5.74, 6) is 0.989. The van der Waals surface area contributed by atoms with Crippen molar-refractivity contribution < 1.29 is 18.7 Å². The highest BCUT2D eigenvalue weighted by Crippen LogP contribution is 2.32. The molecule has 0 spiro atoms. The SMILES string of the molecule is Cc1cc(C(=O)Nc2ccc3c(c2)NC(=O)[C@H](C)O3)c(C)n1Cc1ccco1. The smallest absolute Gasteiger partial charge is 0.265 e. The van der Waals surface area contributed by atoms with Gasteiger partial charge in [0.2, 0.25) is 0 Å². The van der Waals surface area contributed by atoms with Crippen molar-refractivity contribution in [3.8, 4) is 5.75 Å². The van der Waals surface area contributed by atoms with E-state index < -0.39 is 6.10 Å². The third-order valence-electron chi connectivity index (χ3n) is 4.88.